The molecule has 0 saturated carbocycles. The van der Waals surface area contributed by atoms with Crippen molar-refractivity contribution >= 4 is 29.0 Å². The number of benzene rings is 2. The third-order valence-electron chi connectivity index (χ3n) is 4.54. The Morgan fingerprint density at radius 3 is 2.37 bits per heavy atom. The lowest BCUT2D eigenvalue weighted by Crippen LogP contribution is -2.39. The fourth-order valence-electron chi connectivity index (χ4n) is 3.07. The van der Waals surface area contributed by atoms with Crippen LogP contribution < -0.4 is 10.3 Å². The standard InChI is InChI=1S/C22H23N3O5/c1-15(23-24-16-9-5-4-6-10-16)17-11-7-8-12-19(17)25-14-30-13-18(21(26)28-2)20(25)22(27)29-3/h4-12,24H,13-14H2,1-3H3. The summed E-state index contributed by atoms with van der Waals surface area (Å²) >= 11 is 0. The van der Waals surface area contributed by atoms with Gasteiger partial charge in [0.2, 0.25) is 0 Å². The number of nitrogens with one attached hydrogen (secondary N) is 1. The number of para-hydroxylation sites is 2. The van der Waals surface area contributed by atoms with Crippen molar-refractivity contribution in [1.29, 1.82) is 0 Å². The second-order valence-electron chi connectivity index (χ2n) is 6.41. The first kappa shape index (κ1) is 21.1. The quantitative estimate of drug-likeness (QED) is 0.446. The van der Waals surface area contributed by atoms with Crippen LogP contribution in [0.1, 0.15) is 12.5 Å². The summed E-state index contributed by atoms with van der Waals surface area (Å²) in [7, 11) is 2.52. The van der Waals surface area contributed by atoms with Gasteiger partial charge in [-0.2, -0.15) is 5.10 Å². The molecule has 156 valence electrons. The Morgan fingerprint density at radius 2 is 1.67 bits per heavy atom. The van der Waals surface area contributed by atoms with Gasteiger partial charge >= 0.3 is 11.9 Å². The molecule has 0 saturated heterocycles. The maximum Gasteiger partial charge on any atom is 0.355 e. The van der Waals surface area contributed by atoms with Crippen LogP contribution >= 0.6 is 0 Å². The van der Waals surface area contributed by atoms with Gasteiger partial charge in [-0.3, -0.25) is 5.43 Å². The Labute approximate surface area is 174 Å². The smallest absolute Gasteiger partial charge is 0.355 e. The Kier molecular flexibility index (Phi) is 6.82. The second-order valence-corrected chi connectivity index (χ2v) is 6.41. The summed E-state index contributed by atoms with van der Waals surface area (Å²) < 4.78 is 15.3. The molecule has 0 fully saturated rings. The third kappa shape index (κ3) is 4.49. The van der Waals surface area contributed by atoms with E-state index in [1.54, 1.807) is 4.90 Å². The van der Waals surface area contributed by atoms with E-state index in [9.17, 15) is 9.59 Å². The molecular weight excluding hydrogens is 386 g/mol. The molecule has 1 aliphatic rings. The number of carbonyl (C=O) groups excluding carboxylic acids is 2. The zero-order valence-corrected chi connectivity index (χ0v) is 17.0. The molecule has 0 amide bonds. The summed E-state index contributed by atoms with van der Waals surface area (Å²) in [6, 6.07) is 17.0. The van der Waals surface area contributed by atoms with Crippen molar-refractivity contribution in [3.05, 3.63) is 71.4 Å². The predicted octanol–water partition coefficient (Wildman–Crippen LogP) is 2.92. The molecule has 0 atom stereocenters. The van der Waals surface area contributed by atoms with Crippen molar-refractivity contribution in [2.24, 2.45) is 5.10 Å². The van der Waals surface area contributed by atoms with Gasteiger partial charge in [0.15, 0.2) is 0 Å². The van der Waals surface area contributed by atoms with Gasteiger partial charge in [0.1, 0.15) is 12.4 Å². The van der Waals surface area contributed by atoms with Crippen molar-refractivity contribution in [3.8, 4) is 0 Å². The lowest BCUT2D eigenvalue weighted by molar-refractivity contribution is -0.140. The van der Waals surface area contributed by atoms with Crippen molar-refractivity contribution < 1.29 is 23.8 Å². The molecule has 2 aromatic rings. The molecule has 8 nitrogen and oxygen atoms in total. The van der Waals surface area contributed by atoms with Crippen molar-refractivity contribution in [3.63, 3.8) is 0 Å². The number of esters is 2. The number of ether oxygens (including phenoxy) is 3. The maximum atomic E-state index is 12.5. The van der Waals surface area contributed by atoms with E-state index >= 15 is 0 Å². The van der Waals surface area contributed by atoms with E-state index in [-0.39, 0.29) is 24.6 Å². The molecule has 2 aromatic carbocycles. The van der Waals surface area contributed by atoms with Crippen molar-refractivity contribution in [2.75, 3.05) is 37.9 Å². The Morgan fingerprint density at radius 1 is 1.00 bits per heavy atom. The molecule has 0 aromatic heterocycles. The Hall–Kier alpha value is -3.65. The van der Waals surface area contributed by atoms with Crippen LogP contribution in [0.5, 0.6) is 0 Å². The van der Waals surface area contributed by atoms with Crippen LogP contribution in [0.25, 0.3) is 0 Å². The third-order valence-corrected chi connectivity index (χ3v) is 4.54. The normalized spacial score (nSPS) is 14.4. The van der Waals surface area contributed by atoms with Crippen LogP contribution in [0.2, 0.25) is 0 Å². The first-order valence-electron chi connectivity index (χ1n) is 9.26. The monoisotopic (exact) mass is 409 g/mol. The van der Waals surface area contributed by atoms with Crippen molar-refractivity contribution in [2.45, 2.75) is 6.92 Å². The topological polar surface area (TPSA) is 89.5 Å². The number of methoxy groups -OCH3 is 2. The first-order chi connectivity index (χ1) is 14.6. The fourth-order valence-corrected chi connectivity index (χ4v) is 3.07. The molecule has 8 heteroatoms. The molecule has 0 spiro atoms. The molecule has 0 aliphatic carbocycles. The summed E-state index contributed by atoms with van der Waals surface area (Å²) in [5.41, 5.74) is 6.14. The molecule has 0 radical (unpaired) electrons. The summed E-state index contributed by atoms with van der Waals surface area (Å²) in [5, 5.41) is 4.46. The van der Waals surface area contributed by atoms with Crippen LogP contribution in [0.15, 0.2) is 71.0 Å². The van der Waals surface area contributed by atoms with Gasteiger partial charge in [-0.15, -0.1) is 0 Å². The molecule has 0 unspecified atom stereocenters. The van der Waals surface area contributed by atoms with Gasteiger partial charge in [-0.25, -0.2) is 9.59 Å². The number of anilines is 2. The van der Waals surface area contributed by atoms with Crippen LogP contribution in [0, 0.1) is 0 Å². The second kappa shape index (κ2) is 9.71. The minimum atomic E-state index is -0.648. The van der Waals surface area contributed by atoms with E-state index in [0.717, 1.165) is 11.3 Å². The molecule has 1 N–H and O–H groups in total. The predicted molar refractivity (Wildman–Crippen MR) is 113 cm³/mol. The SMILES string of the molecule is COC(=O)C1=C(C(=O)OC)N(c2ccccc2C(C)=NNc2ccccc2)COC1. The van der Waals surface area contributed by atoms with Gasteiger partial charge in [0, 0.05) is 5.56 Å². The lowest BCUT2D eigenvalue weighted by atomic mass is 10.1. The molecule has 30 heavy (non-hydrogen) atoms. The summed E-state index contributed by atoms with van der Waals surface area (Å²) in [5.74, 6) is -1.29. The highest BCUT2D eigenvalue weighted by atomic mass is 16.5. The highest BCUT2D eigenvalue weighted by Gasteiger charge is 2.33. The van der Waals surface area contributed by atoms with Crippen molar-refractivity contribution in [1.82, 2.24) is 0 Å². The van der Waals surface area contributed by atoms with Crippen LogP contribution in [-0.2, 0) is 23.8 Å². The first-order valence-corrected chi connectivity index (χ1v) is 9.26. The highest BCUT2D eigenvalue weighted by molar-refractivity contribution is 6.07. The summed E-state index contributed by atoms with van der Waals surface area (Å²) in [6.07, 6.45) is 0. The zero-order chi connectivity index (χ0) is 21.5. The Balaban J connectivity index is 2.03. The van der Waals surface area contributed by atoms with Gasteiger partial charge in [-0.05, 0) is 25.1 Å². The molecule has 1 aliphatic heterocycles. The highest BCUT2D eigenvalue weighted by Crippen LogP contribution is 2.30. The van der Waals surface area contributed by atoms with Crippen LogP contribution in [0.3, 0.4) is 0 Å². The summed E-state index contributed by atoms with van der Waals surface area (Å²) in [6.45, 7) is 1.88. The lowest BCUT2D eigenvalue weighted by Gasteiger charge is -2.32. The Bertz CT molecular complexity index is 985. The van der Waals surface area contributed by atoms with Gasteiger partial charge < -0.3 is 19.1 Å². The van der Waals surface area contributed by atoms with Gasteiger partial charge in [0.25, 0.3) is 0 Å². The van der Waals surface area contributed by atoms with E-state index in [1.165, 1.54) is 14.2 Å². The summed E-state index contributed by atoms with van der Waals surface area (Å²) in [4.78, 5) is 26.4. The fraction of sp³-hybridized carbons (Fsp3) is 0.227. The van der Waals surface area contributed by atoms with Gasteiger partial charge in [-0.1, -0.05) is 36.4 Å². The average molecular weight is 409 g/mol. The maximum absolute atomic E-state index is 12.5. The molecule has 3 rings (SSSR count). The van der Waals surface area contributed by atoms with Crippen LogP contribution in [-0.4, -0.2) is 45.2 Å². The zero-order valence-electron chi connectivity index (χ0n) is 17.0. The van der Waals surface area contributed by atoms with Crippen LogP contribution in [0.4, 0.5) is 11.4 Å². The van der Waals surface area contributed by atoms with E-state index in [1.807, 2.05) is 61.5 Å². The molecule has 1 heterocycles. The van der Waals surface area contributed by atoms with E-state index in [4.69, 9.17) is 14.2 Å². The number of hydrogen-bond acceptors (Lipinski definition) is 8. The number of carbonyl (C=O) groups is 2. The minimum absolute atomic E-state index is 0.0432. The molecular formula is C22H23N3O5. The number of hydrazone groups is 1. The van der Waals surface area contributed by atoms with E-state index < -0.39 is 11.9 Å². The molecule has 0 bridgehead atoms. The van der Waals surface area contributed by atoms with Gasteiger partial charge in [0.05, 0.1) is 43.5 Å². The largest absolute Gasteiger partial charge is 0.466 e. The number of nitrogens with zero attached hydrogens (tertiary/aromatic N) is 2. The number of rotatable bonds is 6. The van der Waals surface area contributed by atoms with E-state index in [2.05, 4.69) is 10.5 Å². The minimum Gasteiger partial charge on any atom is -0.466 e. The number of hydrogen-bond donors (Lipinski definition) is 1. The average Bonchev–Trinajstić information content (AvgIpc) is 2.81. The van der Waals surface area contributed by atoms with E-state index in [0.29, 0.717) is 11.4 Å².